The van der Waals surface area contributed by atoms with E-state index in [1.807, 2.05) is 37.3 Å². The Hall–Kier alpha value is -3.67. The van der Waals surface area contributed by atoms with Gasteiger partial charge in [0.25, 0.3) is 0 Å². The van der Waals surface area contributed by atoms with Crippen LogP contribution >= 0.6 is 0 Å². The van der Waals surface area contributed by atoms with E-state index in [1.54, 1.807) is 12.4 Å². The van der Waals surface area contributed by atoms with Crippen LogP contribution in [0.3, 0.4) is 0 Å². The second kappa shape index (κ2) is 13.1. The number of pyridine rings is 1. The third-order valence-electron chi connectivity index (χ3n) is 7.72. The number of sulfonamides is 1. The standard InChI is InChI=1S/C31H37FN6O3S/c1-3-5-6-7-17-36-18-19-38(42(40,41)26-13-10-24(32)11-14-26)29(22-36)31(39)34-25-12-15-28-27(20-25)35-30(37(28)4-2)23-9-8-16-33-21-23/h8-16,20-21,29H,3-7,17-19,22H2,1-2H3,(H,34,39)/t29-/m0/s1. The van der Waals surface area contributed by atoms with Crippen molar-refractivity contribution in [1.29, 1.82) is 0 Å². The number of carbonyl (C=O) groups excluding carboxylic acids is 1. The number of hydrogen-bond donors (Lipinski definition) is 1. The Morgan fingerprint density at radius 1 is 1.05 bits per heavy atom. The molecule has 1 aliphatic heterocycles. The summed E-state index contributed by atoms with van der Waals surface area (Å²) in [5, 5.41) is 2.96. The highest BCUT2D eigenvalue weighted by Gasteiger charge is 2.40. The Morgan fingerprint density at radius 3 is 2.57 bits per heavy atom. The van der Waals surface area contributed by atoms with E-state index < -0.39 is 27.8 Å². The first-order chi connectivity index (χ1) is 20.3. The second-order valence-electron chi connectivity index (χ2n) is 10.6. The fraction of sp³-hybridized carbons (Fsp3) is 0.387. The number of unbranched alkanes of at least 4 members (excludes halogenated alkanes) is 3. The summed E-state index contributed by atoms with van der Waals surface area (Å²) in [5.41, 5.74) is 3.06. The number of fused-ring (bicyclic) bond motifs is 1. The first kappa shape index (κ1) is 29.8. The van der Waals surface area contributed by atoms with E-state index in [-0.39, 0.29) is 18.0 Å². The molecule has 1 aliphatic rings. The summed E-state index contributed by atoms with van der Waals surface area (Å²) < 4.78 is 44.2. The minimum Gasteiger partial charge on any atom is -0.325 e. The SMILES string of the molecule is CCCCCCN1CCN(S(=O)(=O)c2ccc(F)cc2)[C@H](C(=O)Nc2ccc3c(c2)nc(-c2cccnc2)n3CC)C1. The summed E-state index contributed by atoms with van der Waals surface area (Å²) in [7, 11) is -4.03. The van der Waals surface area contributed by atoms with E-state index >= 15 is 0 Å². The van der Waals surface area contributed by atoms with Crippen LogP contribution in [0.4, 0.5) is 10.1 Å². The summed E-state index contributed by atoms with van der Waals surface area (Å²) in [6, 6.07) is 13.1. The zero-order valence-corrected chi connectivity index (χ0v) is 24.9. The van der Waals surface area contributed by atoms with Gasteiger partial charge in [-0.25, -0.2) is 17.8 Å². The van der Waals surface area contributed by atoms with Crippen LogP contribution in [0.5, 0.6) is 0 Å². The number of nitrogens with one attached hydrogen (secondary N) is 1. The highest BCUT2D eigenvalue weighted by molar-refractivity contribution is 7.89. The van der Waals surface area contributed by atoms with Gasteiger partial charge in [-0.1, -0.05) is 26.2 Å². The molecule has 1 atom stereocenters. The van der Waals surface area contributed by atoms with Crippen LogP contribution in [0.2, 0.25) is 0 Å². The number of aromatic nitrogens is 3. The zero-order valence-electron chi connectivity index (χ0n) is 24.0. The number of amides is 1. The van der Waals surface area contributed by atoms with Gasteiger partial charge in [0.1, 0.15) is 17.7 Å². The number of benzene rings is 2. The quantitative estimate of drug-likeness (QED) is 0.242. The Morgan fingerprint density at radius 2 is 1.86 bits per heavy atom. The lowest BCUT2D eigenvalue weighted by Gasteiger charge is -2.39. The van der Waals surface area contributed by atoms with Gasteiger partial charge in [-0.3, -0.25) is 14.7 Å². The number of anilines is 1. The number of halogens is 1. The van der Waals surface area contributed by atoms with Crippen LogP contribution in [0, 0.1) is 5.82 Å². The summed E-state index contributed by atoms with van der Waals surface area (Å²) in [6.07, 6.45) is 7.83. The topological polar surface area (TPSA) is 100 Å². The molecule has 9 nitrogen and oxygen atoms in total. The molecule has 0 unspecified atom stereocenters. The third kappa shape index (κ3) is 6.38. The number of rotatable bonds is 11. The lowest BCUT2D eigenvalue weighted by Crippen LogP contribution is -2.59. The Balaban J connectivity index is 1.41. The summed E-state index contributed by atoms with van der Waals surface area (Å²) in [6.45, 7) is 6.67. The lowest BCUT2D eigenvalue weighted by molar-refractivity contribution is -0.121. The van der Waals surface area contributed by atoms with E-state index in [0.29, 0.717) is 24.3 Å². The summed E-state index contributed by atoms with van der Waals surface area (Å²) in [4.78, 5) is 24.9. The average Bonchev–Trinajstić information content (AvgIpc) is 3.38. The van der Waals surface area contributed by atoms with E-state index in [0.717, 1.165) is 61.3 Å². The van der Waals surface area contributed by atoms with Crippen molar-refractivity contribution in [1.82, 2.24) is 23.7 Å². The molecule has 42 heavy (non-hydrogen) atoms. The van der Waals surface area contributed by atoms with Gasteiger partial charge in [0.05, 0.1) is 15.9 Å². The van der Waals surface area contributed by atoms with Crippen LogP contribution in [-0.2, 0) is 21.4 Å². The molecular formula is C31H37FN6O3S. The van der Waals surface area contributed by atoms with Crippen molar-refractivity contribution in [3.8, 4) is 11.4 Å². The second-order valence-corrected chi connectivity index (χ2v) is 12.5. The molecule has 0 saturated carbocycles. The van der Waals surface area contributed by atoms with Crippen molar-refractivity contribution in [3.05, 3.63) is 72.8 Å². The van der Waals surface area contributed by atoms with Crippen LogP contribution < -0.4 is 5.32 Å². The lowest BCUT2D eigenvalue weighted by atomic mass is 10.1. The number of hydrogen-bond acceptors (Lipinski definition) is 6. The van der Waals surface area contributed by atoms with Gasteiger partial charge in [0, 0.05) is 49.8 Å². The molecule has 0 bridgehead atoms. The third-order valence-corrected chi connectivity index (χ3v) is 9.64. The maximum absolute atomic E-state index is 13.8. The molecule has 3 heterocycles. The average molecular weight is 593 g/mol. The molecule has 2 aromatic carbocycles. The molecule has 0 spiro atoms. The molecule has 1 saturated heterocycles. The molecule has 2 aromatic heterocycles. The van der Waals surface area contributed by atoms with Gasteiger partial charge in [0.15, 0.2) is 0 Å². The zero-order chi connectivity index (χ0) is 29.7. The molecule has 1 amide bonds. The molecular weight excluding hydrogens is 555 g/mol. The predicted molar refractivity (Wildman–Crippen MR) is 162 cm³/mol. The maximum Gasteiger partial charge on any atom is 0.244 e. The number of aryl methyl sites for hydroxylation is 1. The summed E-state index contributed by atoms with van der Waals surface area (Å²) >= 11 is 0. The van der Waals surface area contributed by atoms with E-state index in [9.17, 15) is 17.6 Å². The Labute approximate surface area is 246 Å². The monoisotopic (exact) mass is 592 g/mol. The van der Waals surface area contributed by atoms with Crippen LogP contribution in [0.15, 0.2) is 71.9 Å². The molecule has 0 aliphatic carbocycles. The number of piperazine rings is 1. The van der Waals surface area contributed by atoms with Crippen LogP contribution in [-0.4, -0.2) is 70.3 Å². The van der Waals surface area contributed by atoms with Crippen molar-refractivity contribution in [2.75, 3.05) is 31.5 Å². The van der Waals surface area contributed by atoms with E-state index in [1.165, 1.54) is 16.4 Å². The smallest absolute Gasteiger partial charge is 0.244 e. The molecule has 5 rings (SSSR count). The molecule has 0 radical (unpaired) electrons. The minimum absolute atomic E-state index is 0.0347. The first-order valence-corrected chi connectivity index (χ1v) is 16.0. The molecule has 1 fully saturated rings. The van der Waals surface area contributed by atoms with Crippen molar-refractivity contribution < 1.29 is 17.6 Å². The number of carbonyl (C=O) groups is 1. The van der Waals surface area contributed by atoms with Gasteiger partial charge < -0.3 is 9.88 Å². The fourth-order valence-corrected chi connectivity index (χ4v) is 7.07. The highest BCUT2D eigenvalue weighted by Crippen LogP contribution is 2.28. The van der Waals surface area contributed by atoms with Crippen molar-refractivity contribution >= 4 is 32.7 Å². The number of nitrogens with zero attached hydrogens (tertiary/aromatic N) is 5. The minimum atomic E-state index is -4.03. The van der Waals surface area contributed by atoms with Crippen LogP contribution in [0.1, 0.15) is 39.5 Å². The largest absolute Gasteiger partial charge is 0.325 e. The predicted octanol–water partition coefficient (Wildman–Crippen LogP) is 5.15. The van der Waals surface area contributed by atoms with Crippen molar-refractivity contribution in [2.45, 2.75) is 57.0 Å². The first-order valence-electron chi connectivity index (χ1n) is 14.5. The van der Waals surface area contributed by atoms with Gasteiger partial charge >= 0.3 is 0 Å². The Bertz CT molecular complexity index is 1630. The maximum atomic E-state index is 13.8. The highest BCUT2D eigenvalue weighted by atomic mass is 32.2. The van der Waals surface area contributed by atoms with Crippen LogP contribution in [0.25, 0.3) is 22.4 Å². The summed E-state index contributed by atoms with van der Waals surface area (Å²) in [5.74, 6) is -0.153. The van der Waals surface area contributed by atoms with E-state index in [2.05, 4.69) is 26.7 Å². The van der Waals surface area contributed by atoms with E-state index in [4.69, 9.17) is 4.98 Å². The molecule has 11 heteroatoms. The molecule has 222 valence electrons. The van der Waals surface area contributed by atoms with Crippen molar-refractivity contribution in [2.24, 2.45) is 0 Å². The molecule has 4 aromatic rings. The normalized spacial score (nSPS) is 16.6. The molecule has 1 N–H and O–H groups in total. The van der Waals surface area contributed by atoms with Crippen molar-refractivity contribution in [3.63, 3.8) is 0 Å². The number of imidazole rings is 1. The van der Waals surface area contributed by atoms with Gasteiger partial charge in [-0.05, 0) is 74.5 Å². The van der Waals surface area contributed by atoms with Gasteiger partial charge in [0.2, 0.25) is 15.9 Å². The van der Waals surface area contributed by atoms with Gasteiger partial charge in [-0.2, -0.15) is 4.31 Å². The fourth-order valence-electron chi connectivity index (χ4n) is 5.50. The Kier molecular flexibility index (Phi) is 9.30. The van der Waals surface area contributed by atoms with Gasteiger partial charge in [-0.15, -0.1) is 0 Å².